The molecule has 0 radical (unpaired) electrons. The summed E-state index contributed by atoms with van der Waals surface area (Å²) in [7, 11) is -3.36. The fraction of sp³-hybridized carbons (Fsp3) is 0.533. The molecule has 0 saturated carbocycles. The largest absolute Gasteiger partial charge is 0.373 e. The number of benzene rings is 1. The first-order valence-corrected chi connectivity index (χ1v) is 8.66. The molecule has 2 unspecified atom stereocenters. The molecule has 6 heteroatoms. The van der Waals surface area contributed by atoms with Crippen molar-refractivity contribution in [2.75, 3.05) is 25.4 Å². The quantitative estimate of drug-likeness (QED) is 0.842. The first kappa shape index (κ1) is 16.0. The lowest BCUT2D eigenvalue weighted by Gasteiger charge is -2.35. The predicted molar refractivity (Wildman–Crippen MR) is 79.7 cm³/mol. The maximum Gasteiger partial charge on any atom is 0.179 e. The van der Waals surface area contributed by atoms with Crippen molar-refractivity contribution in [3.05, 3.63) is 29.8 Å². The molecule has 0 aliphatic carbocycles. The third-order valence-corrected chi connectivity index (χ3v) is 5.19. The molecule has 1 aromatic carbocycles. The average molecular weight is 308 g/mol. The van der Waals surface area contributed by atoms with Gasteiger partial charge in [-0.1, -0.05) is 6.07 Å². The van der Waals surface area contributed by atoms with Crippen molar-refractivity contribution in [2.45, 2.75) is 31.0 Å². The summed E-state index contributed by atoms with van der Waals surface area (Å²) in [6.07, 6.45) is 0.247. The van der Waals surface area contributed by atoms with Gasteiger partial charge in [0.05, 0.1) is 34.5 Å². The molecule has 0 bridgehead atoms. The maximum absolute atomic E-state index is 12.3. The van der Waals surface area contributed by atoms with Gasteiger partial charge < -0.3 is 4.74 Å². The molecule has 1 aliphatic heterocycles. The van der Waals surface area contributed by atoms with Gasteiger partial charge in [0, 0.05) is 19.6 Å². The monoisotopic (exact) mass is 308 g/mol. The Morgan fingerprint density at radius 3 is 2.62 bits per heavy atom. The van der Waals surface area contributed by atoms with Gasteiger partial charge in [-0.3, -0.25) is 4.90 Å². The Labute approximate surface area is 126 Å². The number of hydrogen-bond acceptors (Lipinski definition) is 5. The molecule has 1 aliphatic rings. The molecule has 0 aromatic heterocycles. The number of ether oxygens (including phenoxy) is 1. The summed E-state index contributed by atoms with van der Waals surface area (Å²) in [5.41, 5.74) is 0.365. The average Bonchev–Trinajstić information content (AvgIpc) is 2.44. The van der Waals surface area contributed by atoms with Crippen LogP contribution in [-0.2, 0) is 14.6 Å². The summed E-state index contributed by atoms with van der Waals surface area (Å²) in [5, 5.41) is 8.85. The van der Waals surface area contributed by atoms with E-state index in [0.717, 1.165) is 13.1 Å². The van der Waals surface area contributed by atoms with Crippen molar-refractivity contribution in [3.8, 4) is 6.07 Å². The van der Waals surface area contributed by atoms with Gasteiger partial charge in [-0.05, 0) is 32.0 Å². The summed E-state index contributed by atoms with van der Waals surface area (Å²) in [6.45, 7) is 5.97. The molecule has 0 spiro atoms. The third kappa shape index (κ3) is 4.27. The topological polar surface area (TPSA) is 70.4 Å². The standard InChI is InChI=1S/C15H20N2O3S/c1-12-10-17(11-13(2)20-12)6-7-21(18,19)15-5-3-4-14(8-15)9-16/h3-5,8,12-13H,6-7,10-11H2,1-2H3. The van der Waals surface area contributed by atoms with Crippen molar-refractivity contribution in [3.63, 3.8) is 0 Å². The number of sulfone groups is 1. The lowest BCUT2D eigenvalue weighted by atomic mass is 10.2. The normalized spacial score (nSPS) is 23.7. The minimum absolute atomic E-state index is 0.0569. The number of rotatable bonds is 4. The van der Waals surface area contributed by atoms with Crippen LogP contribution in [-0.4, -0.2) is 50.9 Å². The maximum atomic E-state index is 12.3. The highest BCUT2D eigenvalue weighted by molar-refractivity contribution is 7.91. The minimum Gasteiger partial charge on any atom is -0.373 e. The summed E-state index contributed by atoms with van der Waals surface area (Å²) in [6, 6.07) is 8.14. The number of nitrogens with zero attached hydrogens (tertiary/aromatic N) is 2. The molecule has 2 rings (SSSR count). The highest BCUT2D eigenvalue weighted by Crippen LogP contribution is 2.15. The molecule has 1 heterocycles. The van der Waals surface area contributed by atoms with Gasteiger partial charge in [0.2, 0.25) is 0 Å². The smallest absolute Gasteiger partial charge is 0.179 e. The van der Waals surface area contributed by atoms with Crippen LogP contribution in [0.5, 0.6) is 0 Å². The predicted octanol–water partition coefficient (Wildman–Crippen LogP) is 1.44. The van der Waals surface area contributed by atoms with E-state index in [1.165, 1.54) is 6.07 Å². The van der Waals surface area contributed by atoms with Crippen LogP contribution in [0.3, 0.4) is 0 Å². The van der Waals surface area contributed by atoms with Gasteiger partial charge in [0.1, 0.15) is 0 Å². The zero-order chi connectivity index (χ0) is 15.5. The third-order valence-electron chi connectivity index (χ3n) is 3.49. The molecule has 1 saturated heterocycles. The van der Waals surface area contributed by atoms with E-state index in [4.69, 9.17) is 10.00 Å². The van der Waals surface area contributed by atoms with E-state index in [9.17, 15) is 8.42 Å². The van der Waals surface area contributed by atoms with Crippen LogP contribution in [0, 0.1) is 11.3 Å². The SMILES string of the molecule is CC1CN(CCS(=O)(=O)c2cccc(C#N)c2)CC(C)O1. The summed E-state index contributed by atoms with van der Waals surface area (Å²) in [4.78, 5) is 2.33. The minimum atomic E-state index is -3.36. The Kier molecular flexibility index (Phi) is 4.99. The molecular weight excluding hydrogens is 288 g/mol. The second-order valence-corrected chi connectivity index (χ2v) is 7.58. The Balaban J connectivity index is 2.03. The highest BCUT2D eigenvalue weighted by atomic mass is 32.2. The molecule has 0 amide bonds. The first-order valence-electron chi connectivity index (χ1n) is 7.01. The van der Waals surface area contributed by atoms with Crippen LogP contribution in [0.15, 0.2) is 29.2 Å². The van der Waals surface area contributed by atoms with Crippen molar-refractivity contribution < 1.29 is 13.2 Å². The van der Waals surface area contributed by atoms with Gasteiger partial charge in [-0.15, -0.1) is 0 Å². The highest BCUT2D eigenvalue weighted by Gasteiger charge is 2.24. The van der Waals surface area contributed by atoms with Crippen molar-refractivity contribution in [1.29, 1.82) is 5.26 Å². The molecule has 21 heavy (non-hydrogen) atoms. The first-order chi connectivity index (χ1) is 9.90. The van der Waals surface area contributed by atoms with E-state index in [2.05, 4.69) is 4.90 Å². The van der Waals surface area contributed by atoms with Crippen molar-refractivity contribution >= 4 is 9.84 Å². The van der Waals surface area contributed by atoms with Gasteiger partial charge in [-0.2, -0.15) is 5.26 Å². The second kappa shape index (κ2) is 6.56. The Bertz CT molecular complexity index is 627. The van der Waals surface area contributed by atoms with Crippen LogP contribution in [0.2, 0.25) is 0 Å². The fourth-order valence-electron chi connectivity index (χ4n) is 2.59. The van der Waals surface area contributed by atoms with Crippen LogP contribution in [0.4, 0.5) is 0 Å². The molecule has 1 aromatic rings. The molecule has 1 fully saturated rings. The van der Waals surface area contributed by atoms with E-state index in [1.807, 2.05) is 19.9 Å². The van der Waals surface area contributed by atoms with Gasteiger partial charge in [-0.25, -0.2) is 8.42 Å². The zero-order valence-electron chi connectivity index (χ0n) is 12.3. The van der Waals surface area contributed by atoms with Gasteiger partial charge >= 0.3 is 0 Å². The zero-order valence-corrected chi connectivity index (χ0v) is 13.1. The van der Waals surface area contributed by atoms with E-state index < -0.39 is 9.84 Å². The van der Waals surface area contributed by atoms with Gasteiger partial charge in [0.15, 0.2) is 9.84 Å². The Morgan fingerprint density at radius 1 is 1.33 bits per heavy atom. The van der Waals surface area contributed by atoms with E-state index in [-0.39, 0.29) is 22.9 Å². The van der Waals surface area contributed by atoms with E-state index in [1.54, 1.807) is 18.2 Å². The molecule has 2 atom stereocenters. The van der Waals surface area contributed by atoms with Crippen LogP contribution < -0.4 is 0 Å². The van der Waals surface area contributed by atoms with E-state index >= 15 is 0 Å². The number of nitriles is 1. The van der Waals surface area contributed by atoms with Crippen LogP contribution in [0.25, 0.3) is 0 Å². The van der Waals surface area contributed by atoms with Crippen molar-refractivity contribution in [2.24, 2.45) is 0 Å². The Morgan fingerprint density at radius 2 is 2.00 bits per heavy atom. The molecule has 114 valence electrons. The number of hydrogen-bond donors (Lipinski definition) is 0. The van der Waals surface area contributed by atoms with E-state index in [0.29, 0.717) is 12.1 Å². The summed E-state index contributed by atoms with van der Waals surface area (Å²) < 4.78 is 30.3. The second-order valence-electron chi connectivity index (χ2n) is 5.48. The fourth-order valence-corrected chi connectivity index (χ4v) is 3.92. The lowest BCUT2D eigenvalue weighted by molar-refractivity contribution is -0.0662. The lowest BCUT2D eigenvalue weighted by Crippen LogP contribution is -2.46. The molecular formula is C15H20N2O3S. The van der Waals surface area contributed by atoms with Gasteiger partial charge in [0.25, 0.3) is 0 Å². The van der Waals surface area contributed by atoms with Crippen molar-refractivity contribution in [1.82, 2.24) is 4.90 Å². The summed E-state index contributed by atoms with van der Waals surface area (Å²) in [5.74, 6) is 0.0569. The summed E-state index contributed by atoms with van der Waals surface area (Å²) >= 11 is 0. The molecule has 5 nitrogen and oxygen atoms in total. The van der Waals surface area contributed by atoms with Crippen LogP contribution in [0.1, 0.15) is 19.4 Å². The number of morpholine rings is 1. The Hall–Kier alpha value is -1.42. The molecule has 0 N–H and O–H groups in total. The van der Waals surface area contributed by atoms with Crippen LogP contribution >= 0.6 is 0 Å².